The van der Waals surface area contributed by atoms with Gasteiger partial charge in [0.25, 0.3) is 0 Å². The van der Waals surface area contributed by atoms with Crippen molar-refractivity contribution in [3.8, 4) is 11.5 Å². The van der Waals surface area contributed by atoms with Crippen LogP contribution in [0.4, 0.5) is 10.5 Å². The van der Waals surface area contributed by atoms with E-state index in [1.165, 1.54) is 0 Å². The van der Waals surface area contributed by atoms with Gasteiger partial charge in [-0.25, -0.2) is 4.79 Å². The van der Waals surface area contributed by atoms with Gasteiger partial charge in [0.1, 0.15) is 11.5 Å². The Balaban J connectivity index is 1.81. The van der Waals surface area contributed by atoms with Crippen molar-refractivity contribution >= 4 is 11.7 Å². The van der Waals surface area contributed by atoms with Gasteiger partial charge < -0.3 is 19.7 Å². The van der Waals surface area contributed by atoms with E-state index in [4.69, 9.17) is 9.47 Å². The Bertz CT molecular complexity index is 706. The highest BCUT2D eigenvalue weighted by molar-refractivity contribution is 5.89. The molecule has 0 unspecified atom stereocenters. The number of carbonyl (C=O) groups is 1. The van der Waals surface area contributed by atoms with Gasteiger partial charge in [0.15, 0.2) is 0 Å². The molecule has 126 valence electrons. The number of rotatable bonds is 4. The first kappa shape index (κ1) is 16.1. The molecular formula is C18H21N3O3. The first-order valence-corrected chi connectivity index (χ1v) is 7.92. The van der Waals surface area contributed by atoms with Gasteiger partial charge >= 0.3 is 6.03 Å². The summed E-state index contributed by atoms with van der Waals surface area (Å²) in [5.41, 5.74) is 1.69. The molecule has 2 aromatic rings. The molecule has 0 bridgehead atoms. The average molecular weight is 327 g/mol. The molecule has 2 amide bonds. The lowest BCUT2D eigenvalue weighted by atomic mass is 10.0. The van der Waals surface area contributed by atoms with Crippen LogP contribution in [0.15, 0.2) is 42.7 Å². The predicted octanol–water partition coefficient (Wildman–Crippen LogP) is 3.47. The highest BCUT2D eigenvalue weighted by Gasteiger charge is 2.32. The maximum absolute atomic E-state index is 12.6. The van der Waals surface area contributed by atoms with Gasteiger partial charge in [0.2, 0.25) is 0 Å². The number of nitrogens with zero attached hydrogens (tertiary/aromatic N) is 2. The number of pyridine rings is 1. The quantitative estimate of drug-likeness (QED) is 0.934. The van der Waals surface area contributed by atoms with E-state index in [1.807, 2.05) is 29.2 Å². The molecular weight excluding hydrogens is 306 g/mol. The summed E-state index contributed by atoms with van der Waals surface area (Å²) < 4.78 is 10.7. The first-order valence-electron chi connectivity index (χ1n) is 7.92. The van der Waals surface area contributed by atoms with Crippen LogP contribution in [0, 0.1) is 0 Å². The number of benzene rings is 1. The number of hydrogen-bond acceptors (Lipinski definition) is 4. The summed E-state index contributed by atoms with van der Waals surface area (Å²) in [5, 5.41) is 2.90. The zero-order valence-electron chi connectivity index (χ0n) is 13.9. The van der Waals surface area contributed by atoms with Crippen molar-refractivity contribution in [1.29, 1.82) is 0 Å². The van der Waals surface area contributed by atoms with Crippen molar-refractivity contribution in [1.82, 2.24) is 9.88 Å². The molecule has 1 atom stereocenters. The smallest absolute Gasteiger partial charge is 0.322 e. The summed E-state index contributed by atoms with van der Waals surface area (Å²) >= 11 is 0. The topological polar surface area (TPSA) is 63.7 Å². The molecule has 2 heterocycles. The number of ether oxygens (including phenoxy) is 2. The second kappa shape index (κ2) is 7.21. The third-order valence-corrected chi connectivity index (χ3v) is 4.23. The maximum atomic E-state index is 12.6. The van der Waals surface area contributed by atoms with E-state index in [-0.39, 0.29) is 12.1 Å². The van der Waals surface area contributed by atoms with E-state index in [2.05, 4.69) is 10.3 Å². The molecule has 1 fully saturated rings. The zero-order valence-corrected chi connectivity index (χ0v) is 13.9. The van der Waals surface area contributed by atoms with Crippen LogP contribution in [0.3, 0.4) is 0 Å². The summed E-state index contributed by atoms with van der Waals surface area (Å²) in [7, 11) is 3.25. The normalized spacial score (nSPS) is 16.8. The molecule has 0 aliphatic carbocycles. The second-order valence-electron chi connectivity index (χ2n) is 5.63. The molecule has 1 aromatic carbocycles. The minimum Gasteiger partial charge on any atom is -0.497 e. The minimum absolute atomic E-state index is 0.0115. The fraction of sp³-hybridized carbons (Fsp3) is 0.333. The third kappa shape index (κ3) is 3.27. The van der Waals surface area contributed by atoms with Crippen LogP contribution in [0.25, 0.3) is 0 Å². The van der Waals surface area contributed by atoms with Gasteiger partial charge in [0.05, 0.1) is 32.1 Å². The molecule has 0 saturated carbocycles. The number of amides is 2. The highest BCUT2D eigenvalue weighted by atomic mass is 16.5. The van der Waals surface area contributed by atoms with Crippen LogP contribution in [-0.4, -0.2) is 36.7 Å². The van der Waals surface area contributed by atoms with E-state index in [9.17, 15) is 4.79 Å². The van der Waals surface area contributed by atoms with Gasteiger partial charge in [-0.05, 0) is 37.1 Å². The monoisotopic (exact) mass is 327 g/mol. The number of anilines is 1. The molecule has 3 rings (SSSR count). The summed E-state index contributed by atoms with van der Waals surface area (Å²) in [4.78, 5) is 18.5. The highest BCUT2D eigenvalue weighted by Crippen LogP contribution is 2.38. The van der Waals surface area contributed by atoms with Crippen LogP contribution in [0.1, 0.15) is 24.4 Å². The molecule has 6 heteroatoms. The molecule has 1 aliphatic heterocycles. The van der Waals surface area contributed by atoms with Crippen LogP contribution in [0.2, 0.25) is 0 Å². The van der Waals surface area contributed by atoms with Crippen molar-refractivity contribution < 1.29 is 14.3 Å². The minimum atomic E-state index is -0.122. The molecule has 6 nitrogen and oxygen atoms in total. The first-order chi connectivity index (χ1) is 11.7. The standard InChI is InChI=1S/C18H21N3O3/c1-23-14-7-8-15(17(11-14)24-2)16-6-4-10-21(16)18(22)20-13-5-3-9-19-12-13/h3,5,7-9,11-12,16H,4,6,10H2,1-2H3,(H,20,22)/t16-/m1/s1. The summed E-state index contributed by atoms with van der Waals surface area (Å²) in [6.45, 7) is 0.714. The van der Waals surface area contributed by atoms with Crippen molar-refractivity contribution in [2.75, 3.05) is 26.1 Å². The van der Waals surface area contributed by atoms with E-state index in [0.717, 1.165) is 29.9 Å². The molecule has 0 radical (unpaired) electrons. The van der Waals surface area contributed by atoms with Crippen LogP contribution >= 0.6 is 0 Å². The number of urea groups is 1. The zero-order chi connectivity index (χ0) is 16.9. The number of nitrogens with one attached hydrogen (secondary N) is 1. The Morgan fingerprint density at radius 3 is 2.88 bits per heavy atom. The van der Waals surface area contributed by atoms with Gasteiger partial charge in [-0.3, -0.25) is 4.98 Å². The second-order valence-corrected chi connectivity index (χ2v) is 5.63. The van der Waals surface area contributed by atoms with Crippen molar-refractivity contribution in [2.45, 2.75) is 18.9 Å². The van der Waals surface area contributed by atoms with Crippen molar-refractivity contribution in [2.24, 2.45) is 0 Å². The Kier molecular flexibility index (Phi) is 4.84. The molecule has 1 saturated heterocycles. The number of likely N-dealkylation sites (tertiary alicyclic amines) is 1. The fourth-order valence-corrected chi connectivity index (χ4v) is 3.06. The van der Waals surface area contributed by atoms with Crippen molar-refractivity contribution in [3.63, 3.8) is 0 Å². The van der Waals surface area contributed by atoms with Gasteiger partial charge in [-0.2, -0.15) is 0 Å². The van der Waals surface area contributed by atoms with E-state index in [1.54, 1.807) is 32.7 Å². The largest absolute Gasteiger partial charge is 0.497 e. The number of methoxy groups -OCH3 is 2. The fourth-order valence-electron chi connectivity index (χ4n) is 3.06. The lowest BCUT2D eigenvalue weighted by Gasteiger charge is -2.26. The molecule has 1 aromatic heterocycles. The van der Waals surface area contributed by atoms with Gasteiger partial charge in [0, 0.05) is 24.4 Å². The van der Waals surface area contributed by atoms with Crippen molar-refractivity contribution in [3.05, 3.63) is 48.3 Å². The van der Waals surface area contributed by atoms with E-state index in [0.29, 0.717) is 12.2 Å². The SMILES string of the molecule is COc1ccc([C@H]2CCCN2C(=O)Nc2cccnc2)c(OC)c1. The predicted molar refractivity (Wildman–Crippen MR) is 91.5 cm³/mol. The van der Waals surface area contributed by atoms with E-state index >= 15 is 0 Å². The average Bonchev–Trinajstić information content (AvgIpc) is 3.11. The van der Waals surface area contributed by atoms with Crippen LogP contribution in [-0.2, 0) is 0 Å². The molecule has 1 N–H and O–H groups in total. The summed E-state index contributed by atoms with van der Waals surface area (Å²) in [6.07, 6.45) is 5.18. The Morgan fingerprint density at radius 1 is 1.29 bits per heavy atom. The van der Waals surface area contributed by atoms with E-state index < -0.39 is 0 Å². The maximum Gasteiger partial charge on any atom is 0.322 e. The van der Waals surface area contributed by atoms with Gasteiger partial charge in [-0.15, -0.1) is 0 Å². The number of carbonyl (C=O) groups excluding carboxylic acids is 1. The summed E-state index contributed by atoms with van der Waals surface area (Å²) in [6, 6.07) is 9.20. The Labute approximate surface area is 141 Å². The lowest BCUT2D eigenvalue weighted by molar-refractivity contribution is 0.206. The summed E-state index contributed by atoms with van der Waals surface area (Å²) in [5.74, 6) is 1.47. The Morgan fingerprint density at radius 2 is 2.17 bits per heavy atom. The molecule has 0 spiro atoms. The van der Waals surface area contributed by atoms with Crippen LogP contribution in [0.5, 0.6) is 11.5 Å². The number of hydrogen-bond donors (Lipinski definition) is 1. The lowest BCUT2D eigenvalue weighted by Crippen LogP contribution is -2.34. The van der Waals surface area contributed by atoms with Crippen LogP contribution < -0.4 is 14.8 Å². The van der Waals surface area contributed by atoms with Gasteiger partial charge in [-0.1, -0.05) is 0 Å². The number of aromatic nitrogens is 1. The molecule has 24 heavy (non-hydrogen) atoms. The third-order valence-electron chi connectivity index (χ3n) is 4.23. The Hall–Kier alpha value is -2.76. The molecule has 1 aliphatic rings.